The highest BCUT2D eigenvalue weighted by atomic mass is 16.5. The van der Waals surface area contributed by atoms with E-state index in [9.17, 15) is 4.79 Å². The molecule has 78 valence electrons. The Morgan fingerprint density at radius 3 is 1.85 bits per heavy atom. The van der Waals surface area contributed by atoms with Crippen molar-refractivity contribution in [2.75, 3.05) is 0 Å². The van der Waals surface area contributed by atoms with Crippen LogP contribution in [0.1, 0.15) is 48.0 Å². The fraction of sp³-hybridized carbons (Fsp3) is 0.909. The predicted octanol–water partition coefficient (Wildman–Crippen LogP) is 3.01. The van der Waals surface area contributed by atoms with Crippen LogP contribution in [0.3, 0.4) is 0 Å². The van der Waals surface area contributed by atoms with Crippen LogP contribution in [0.4, 0.5) is 0 Å². The topological polar surface area (TPSA) is 26.3 Å². The lowest BCUT2D eigenvalue weighted by atomic mass is 9.79. The van der Waals surface area contributed by atoms with E-state index in [-0.39, 0.29) is 16.9 Å². The van der Waals surface area contributed by atoms with E-state index in [2.05, 4.69) is 41.5 Å². The van der Waals surface area contributed by atoms with Gasteiger partial charge in [0.2, 0.25) is 0 Å². The summed E-state index contributed by atoms with van der Waals surface area (Å²) in [6.07, 6.45) is 0.903. The van der Waals surface area contributed by atoms with Crippen molar-refractivity contribution in [2.24, 2.45) is 10.8 Å². The van der Waals surface area contributed by atoms with Gasteiger partial charge in [0.25, 0.3) is 6.47 Å². The molecular formula is C11H22O2. The Labute approximate surface area is 81.7 Å². The molecule has 0 radical (unpaired) electrons. The molecule has 0 spiro atoms. The summed E-state index contributed by atoms with van der Waals surface area (Å²) in [4.78, 5) is 10.3. The van der Waals surface area contributed by atoms with E-state index >= 15 is 0 Å². The SMILES string of the molecule is CC(C)(C)CC(OC=O)C(C)(C)C. The molecule has 0 heterocycles. The minimum atomic E-state index is 0.00463. The molecule has 0 aromatic carbocycles. The second kappa shape index (κ2) is 4.12. The maximum atomic E-state index is 10.3. The van der Waals surface area contributed by atoms with Crippen LogP contribution in [0.2, 0.25) is 0 Å². The van der Waals surface area contributed by atoms with E-state index in [0.717, 1.165) is 6.42 Å². The number of hydrogen-bond donors (Lipinski definition) is 0. The van der Waals surface area contributed by atoms with Crippen molar-refractivity contribution in [3.8, 4) is 0 Å². The second-order valence-electron chi connectivity index (χ2n) is 5.85. The Balaban J connectivity index is 4.35. The summed E-state index contributed by atoms with van der Waals surface area (Å²) >= 11 is 0. The van der Waals surface area contributed by atoms with Gasteiger partial charge in [-0.3, -0.25) is 4.79 Å². The van der Waals surface area contributed by atoms with Gasteiger partial charge in [-0.2, -0.15) is 0 Å². The first-order chi connectivity index (χ1) is 5.67. The van der Waals surface area contributed by atoms with Crippen molar-refractivity contribution >= 4 is 6.47 Å². The Bertz CT molecular complexity index is 160. The first-order valence-corrected chi connectivity index (χ1v) is 4.76. The van der Waals surface area contributed by atoms with E-state index in [0.29, 0.717) is 6.47 Å². The Morgan fingerprint density at radius 1 is 1.15 bits per heavy atom. The summed E-state index contributed by atoms with van der Waals surface area (Å²) in [7, 11) is 0. The normalized spacial score (nSPS) is 15.2. The summed E-state index contributed by atoms with van der Waals surface area (Å²) < 4.78 is 5.10. The minimum absolute atomic E-state index is 0.00463. The van der Waals surface area contributed by atoms with Crippen molar-refractivity contribution in [1.29, 1.82) is 0 Å². The maximum absolute atomic E-state index is 10.3. The average Bonchev–Trinajstić information content (AvgIpc) is 1.81. The van der Waals surface area contributed by atoms with Crippen LogP contribution in [0.5, 0.6) is 0 Å². The van der Waals surface area contributed by atoms with Gasteiger partial charge in [0.05, 0.1) is 0 Å². The van der Waals surface area contributed by atoms with Crippen molar-refractivity contribution in [2.45, 2.75) is 54.1 Å². The van der Waals surface area contributed by atoms with E-state index < -0.39 is 0 Å². The van der Waals surface area contributed by atoms with Gasteiger partial charge in [0.15, 0.2) is 0 Å². The molecule has 0 saturated heterocycles. The highest BCUT2D eigenvalue weighted by molar-refractivity contribution is 5.37. The molecule has 0 aliphatic heterocycles. The van der Waals surface area contributed by atoms with E-state index in [1.54, 1.807) is 0 Å². The second-order valence-corrected chi connectivity index (χ2v) is 5.85. The van der Waals surface area contributed by atoms with Gasteiger partial charge in [-0.05, 0) is 17.3 Å². The highest BCUT2D eigenvalue weighted by Gasteiger charge is 2.30. The average molecular weight is 186 g/mol. The zero-order valence-electron chi connectivity index (χ0n) is 9.68. The molecule has 0 amide bonds. The molecule has 0 aliphatic carbocycles. The molecule has 2 heteroatoms. The van der Waals surface area contributed by atoms with E-state index in [4.69, 9.17) is 4.74 Å². The van der Waals surface area contributed by atoms with Crippen LogP contribution in [0.15, 0.2) is 0 Å². The monoisotopic (exact) mass is 186 g/mol. The molecular weight excluding hydrogens is 164 g/mol. The summed E-state index contributed by atoms with van der Waals surface area (Å²) in [6, 6.07) is 0. The van der Waals surface area contributed by atoms with E-state index in [1.165, 1.54) is 0 Å². The summed E-state index contributed by atoms with van der Waals surface area (Å²) in [6.45, 7) is 13.3. The van der Waals surface area contributed by atoms with Crippen molar-refractivity contribution in [3.63, 3.8) is 0 Å². The van der Waals surface area contributed by atoms with Crippen molar-refractivity contribution < 1.29 is 9.53 Å². The van der Waals surface area contributed by atoms with Gasteiger partial charge in [-0.1, -0.05) is 41.5 Å². The van der Waals surface area contributed by atoms with Crippen LogP contribution in [-0.4, -0.2) is 12.6 Å². The molecule has 0 fully saturated rings. The predicted molar refractivity (Wildman–Crippen MR) is 54.5 cm³/mol. The summed E-state index contributed by atoms with van der Waals surface area (Å²) in [5.41, 5.74) is 0.217. The van der Waals surface area contributed by atoms with Gasteiger partial charge in [-0.25, -0.2) is 0 Å². The lowest BCUT2D eigenvalue weighted by Crippen LogP contribution is -2.33. The fourth-order valence-electron chi connectivity index (χ4n) is 1.18. The third kappa shape index (κ3) is 5.67. The Hall–Kier alpha value is -0.530. The first-order valence-electron chi connectivity index (χ1n) is 4.76. The molecule has 0 rings (SSSR count). The third-order valence-electron chi connectivity index (χ3n) is 1.98. The molecule has 1 unspecified atom stereocenters. The van der Waals surface area contributed by atoms with Crippen molar-refractivity contribution in [3.05, 3.63) is 0 Å². The molecule has 13 heavy (non-hydrogen) atoms. The number of carbonyl (C=O) groups excluding carboxylic acids is 1. The van der Waals surface area contributed by atoms with Gasteiger partial charge in [0, 0.05) is 0 Å². The summed E-state index contributed by atoms with van der Waals surface area (Å²) in [5.74, 6) is 0. The van der Waals surface area contributed by atoms with E-state index in [1.807, 2.05) is 0 Å². The smallest absolute Gasteiger partial charge is 0.293 e. The van der Waals surface area contributed by atoms with Crippen LogP contribution < -0.4 is 0 Å². The fourth-order valence-corrected chi connectivity index (χ4v) is 1.18. The molecule has 0 saturated carbocycles. The molecule has 0 aromatic heterocycles. The summed E-state index contributed by atoms with van der Waals surface area (Å²) in [5, 5.41) is 0. The number of hydrogen-bond acceptors (Lipinski definition) is 2. The number of ether oxygens (including phenoxy) is 1. The zero-order chi connectivity index (χ0) is 10.7. The van der Waals surface area contributed by atoms with Crippen molar-refractivity contribution in [1.82, 2.24) is 0 Å². The molecule has 0 bridgehead atoms. The quantitative estimate of drug-likeness (QED) is 0.633. The molecule has 0 aliphatic rings. The van der Waals surface area contributed by atoms with Crippen LogP contribution in [0, 0.1) is 10.8 Å². The van der Waals surface area contributed by atoms with Gasteiger partial charge >= 0.3 is 0 Å². The van der Waals surface area contributed by atoms with Crippen LogP contribution in [0.25, 0.3) is 0 Å². The van der Waals surface area contributed by atoms with Gasteiger partial charge < -0.3 is 4.74 Å². The van der Waals surface area contributed by atoms with Crippen LogP contribution >= 0.6 is 0 Å². The number of carbonyl (C=O) groups is 1. The lowest BCUT2D eigenvalue weighted by molar-refractivity contribution is -0.140. The molecule has 0 aromatic rings. The van der Waals surface area contributed by atoms with Gasteiger partial charge in [-0.15, -0.1) is 0 Å². The molecule has 1 atom stereocenters. The van der Waals surface area contributed by atoms with Crippen LogP contribution in [-0.2, 0) is 9.53 Å². The minimum Gasteiger partial charge on any atom is -0.464 e. The largest absolute Gasteiger partial charge is 0.464 e. The third-order valence-corrected chi connectivity index (χ3v) is 1.98. The van der Waals surface area contributed by atoms with Gasteiger partial charge in [0.1, 0.15) is 6.10 Å². The highest BCUT2D eigenvalue weighted by Crippen LogP contribution is 2.32. The number of rotatable bonds is 3. The first kappa shape index (κ1) is 12.5. The standard InChI is InChI=1S/C11H22O2/c1-10(2,3)7-9(13-8-12)11(4,5)6/h8-9H,7H2,1-6H3. The Morgan fingerprint density at radius 2 is 1.62 bits per heavy atom. The zero-order valence-corrected chi connectivity index (χ0v) is 9.68. The maximum Gasteiger partial charge on any atom is 0.293 e. The molecule has 0 N–H and O–H groups in total. The molecule has 2 nitrogen and oxygen atoms in total. The lowest BCUT2D eigenvalue weighted by Gasteiger charge is -2.33. The Kier molecular flexibility index (Phi) is 3.95.